The molecule has 0 aliphatic heterocycles. The number of carbonyl (C=O) groups excluding carboxylic acids is 1. The van der Waals surface area contributed by atoms with E-state index in [-0.39, 0.29) is 5.91 Å². The summed E-state index contributed by atoms with van der Waals surface area (Å²) < 4.78 is 0. The van der Waals surface area contributed by atoms with E-state index in [0.717, 1.165) is 11.5 Å². The Bertz CT molecular complexity index is 374. The summed E-state index contributed by atoms with van der Waals surface area (Å²) in [6.07, 6.45) is 3.54. The van der Waals surface area contributed by atoms with Crippen molar-refractivity contribution in [1.82, 2.24) is 4.98 Å². The van der Waals surface area contributed by atoms with Crippen molar-refractivity contribution in [3.8, 4) is 0 Å². The molecule has 1 unspecified atom stereocenters. The second kappa shape index (κ2) is 7.87. The van der Waals surface area contributed by atoms with Gasteiger partial charge in [0.15, 0.2) is 5.13 Å². The highest BCUT2D eigenvalue weighted by molar-refractivity contribution is 7.99. The Balaban J connectivity index is 2.13. The first-order chi connectivity index (χ1) is 8.88. The fourth-order valence-corrected chi connectivity index (χ4v) is 3.22. The molecule has 0 bridgehead atoms. The van der Waals surface area contributed by atoms with E-state index in [1.807, 2.05) is 17.1 Å². The molecule has 0 saturated carbocycles. The molecule has 1 rings (SSSR count). The number of thiazole rings is 1. The van der Waals surface area contributed by atoms with Crippen LogP contribution in [0.25, 0.3) is 0 Å². The third-order valence-electron chi connectivity index (χ3n) is 2.57. The topological polar surface area (TPSA) is 68.0 Å². The first-order valence-corrected chi connectivity index (χ1v) is 8.45. The lowest BCUT2D eigenvalue weighted by Crippen LogP contribution is -2.36. The van der Waals surface area contributed by atoms with Crippen LogP contribution in [0.1, 0.15) is 33.6 Å². The van der Waals surface area contributed by atoms with Gasteiger partial charge in [0, 0.05) is 11.6 Å². The van der Waals surface area contributed by atoms with E-state index in [4.69, 9.17) is 5.73 Å². The van der Waals surface area contributed by atoms with Crippen molar-refractivity contribution < 1.29 is 4.79 Å². The van der Waals surface area contributed by atoms with Gasteiger partial charge in [-0.1, -0.05) is 20.8 Å². The van der Waals surface area contributed by atoms with Crippen LogP contribution in [-0.4, -0.2) is 28.4 Å². The maximum atomic E-state index is 11.8. The zero-order chi connectivity index (χ0) is 14.3. The van der Waals surface area contributed by atoms with Crippen LogP contribution in [0.2, 0.25) is 0 Å². The SMILES string of the molecule is CC(C)(C)CCSCCC(N)C(=O)Nc1nccs1. The quantitative estimate of drug-likeness (QED) is 0.760. The molecule has 108 valence electrons. The molecule has 4 nitrogen and oxygen atoms in total. The van der Waals surface area contributed by atoms with Crippen LogP contribution < -0.4 is 11.1 Å². The monoisotopic (exact) mass is 301 g/mol. The summed E-state index contributed by atoms with van der Waals surface area (Å²) in [5, 5.41) is 5.16. The van der Waals surface area contributed by atoms with Gasteiger partial charge in [0.2, 0.25) is 5.91 Å². The van der Waals surface area contributed by atoms with Crippen LogP contribution in [0.5, 0.6) is 0 Å². The van der Waals surface area contributed by atoms with Crippen molar-refractivity contribution in [2.75, 3.05) is 16.8 Å². The lowest BCUT2D eigenvalue weighted by atomic mass is 9.94. The average Bonchev–Trinajstić information content (AvgIpc) is 2.79. The molecule has 1 atom stereocenters. The number of hydrogen-bond donors (Lipinski definition) is 2. The number of aromatic nitrogens is 1. The predicted octanol–water partition coefficient (Wildman–Crippen LogP) is 2.97. The minimum Gasteiger partial charge on any atom is -0.320 e. The minimum atomic E-state index is -0.453. The van der Waals surface area contributed by atoms with E-state index in [9.17, 15) is 4.79 Å². The van der Waals surface area contributed by atoms with Crippen LogP contribution >= 0.6 is 23.1 Å². The van der Waals surface area contributed by atoms with E-state index in [2.05, 4.69) is 31.1 Å². The molecule has 3 N–H and O–H groups in total. The van der Waals surface area contributed by atoms with Gasteiger partial charge < -0.3 is 11.1 Å². The first-order valence-electron chi connectivity index (χ1n) is 6.42. The Morgan fingerprint density at radius 2 is 2.26 bits per heavy atom. The normalized spacial score (nSPS) is 13.3. The molecule has 1 aromatic heterocycles. The lowest BCUT2D eigenvalue weighted by Gasteiger charge is -2.17. The molecule has 0 spiro atoms. The van der Waals surface area contributed by atoms with E-state index >= 15 is 0 Å². The molecule has 19 heavy (non-hydrogen) atoms. The Morgan fingerprint density at radius 1 is 1.53 bits per heavy atom. The van der Waals surface area contributed by atoms with Gasteiger partial charge in [0.05, 0.1) is 6.04 Å². The Labute approximate surface area is 123 Å². The van der Waals surface area contributed by atoms with Crippen molar-refractivity contribution in [2.24, 2.45) is 11.1 Å². The molecule has 6 heteroatoms. The summed E-state index contributed by atoms with van der Waals surface area (Å²) >= 11 is 3.26. The van der Waals surface area contributed by atoms with Gasteiger partial charge in [-0.2, -0.15) is 11.8 Å². The Hall–Kier alpha value is -0.590. The first kappa shape index (κ1) is 16.5. The zero-order valence-corrected chi connectivity index (χ0v) is 13.4. The average molecular weight is 301 g/mol. The number of thioether (sulfide) groups is 1. The lowest BCUT2D eigenvalue weighted by molar-refractivity contribution is -0.117. The van der Waals surface area contributed by atoms with Crippen LogP contribution in [-0.2, 0) is 4.79 Å². The number of nitrogens with two attached hydrogens (primary N) is 1. The molecule has 0 aliphatic rings. The molecular weight excluding hydrogens is 278 g/mol. The van der Waals surface area contributed by atoms with Crippen LogP contribution in [0, 0.1) is 5.41 Å². The van der Waals surface area contributed by atoms with Crippen LogP contribution in [0.15, 0.2) is 11.6 Å². The largest absolute Gasteiger partial charge is 0.320 e. The number of amides is 1. The highest BCUT2D eigenvalue weighted by atomic mass is 32.2. The summed E-state index contributed by atoms with van der Waals surface area (Å²) in [5.74, 6) is 1.89. The Morgan fingerprint density at radius 3 is 2.84 bits per heavy atom. The van der Waals surface area contributed by atoms with Crippen LogP contribution in [0.4, 0.5) is 5.13 Å². The van der Waals surface area contributed by atoms with Gasteiger partial charge in [-0.3, -0.25) is 4.79 Å². The van der Waals surface area contributed by atoms with E-state index in [0.29, 0.717) is 17.0 Å². The van der Waals surface area contributed by atoms with Gasteiger partial charge in [-0.15, -0.1) is 11.3 Å². The number of nitrogens with one attached hydrogen (secondary N) is 1. The summed E-state index contributed by atoms with van der Waals surface area (Å²) in [5.41, 5.74) is 6.23. The molecule has 0 saturated heterocycles. The standard InChI is InChI=1S/C13H23N3OS2/c1-13(2,3)5-8-18-7-4-10(14)11(17)16-12-15-6-9-19-12/h6,9-10H,4-5,7-8,14H2,1-3H3,(H,15,16,17). The fraction of sp³-hybridized carbons (Fsp3) is 0.692. The second-order valence-corrected chi connectivity index (χ2v) is 7.76. The maximum Gasteiger partial charge on any atom is 0.243 e. The third-order valence-corrected chi connectivity index (χ3v) is 4.27. The molecule has 1 aromatic rings. The fourth-order valence-electron chi connectivity index (χ4n) is 1.31. The van der Waals surface area contributed by atoms with E-state index in [1.54, 1.807) is 6.20 Å². The van der Waals surface area contributed by atoms with Crippen LogP contribution in [0.3, 0.4) is 0 Å². The maximum absolute atomic E-state index is 11.8. The number of nitrogens with zero attached hydrogens (tertiary/aromatic N) is 1. The summed E-state index contributed by atoms with van der Waals surface area (Å²) in [4.78, 5) is 15.8. The number of hydrogen-bond acceptors (Lipinski definition) is 5. The van der Waals surface area contributed by atoms with Gasteiger partial charge in [0.1, 0.15) is 0 Å². The van der Waals surface area contributed by atoms with Gasteiger partial charge in [0.25, 0.3) is 0 Å². The minimum absolute atomic E-state index is 0.147. The highest BCUT2D eigenvalue weighted by Gasteiger charge is 2.14. The third kappa shape index (κ3) is 7.54. The summed E-state index contributed by atoms with van der Waals surface area (Å²) in [6, 6.07) is -0.453. The van der Waals surface area contributed by atoms with Crippen molar-refractivity contribution in [2.45, 2.75) is 39.7 Å². The van der Waals surface area contributed by atoms with Crippen molar-refractivity contribution in [3.63, 3.8) is 0 Å². The molecule has 0 aliphatic carbocycles. The van der Waals surface area contributed by atoms with Crippen molar-refractivity contribution in [3.05, 3.63) is 11.6 Å². The zero-order valence-electron chi connectivity index (χ0n) is 11.8. The van der Waals surface area contributed by atoms with Gasteiger partial charge in [-0.25, -0.2) is 4.98 Å². The number of carbonyl (C=O) groups is 1. The van der Waals surface area contributed by atoms with Crippen molar-refractivity contribution >= 4 is 34.1 Å². The molecule has 1 amide bonds. The summed E-state index contributed by atoms with van der Waals surface area (Å²) in [7, 11) is 0. The molecular formula is C13H23N3OS2. The van der Waals surface area contributed by atoms with Crippen molar-refractivity contribution in [1.29, 1.82) is 0 Å². The molecule has 0 aromatic carbocycles. The molecule has 1 heterocycles. The molecule has 0 radical (unpaired) electrons. The Kier molecular flexibility index (Phi) is 6.82. The van der Waals surface area contributed by atoms with E-state index in [1.165, 1.54) is 17.8 Å². The van der Waals surface area contributed by atoms with Gasteiger partial charge in [-0.05, 0) is 29.8 Å². The highest BCUT2D eigenvalue weighted by Crippen LogP contribution is 2.21. The van der Waals surface area contributed by atoms with E-state index < -0.39 is 6.04 Å². The smallest absolute Gasteiger partial charge is 0.243 e. The predicted molar refractivity (Wildman–Crippen MR) is 84.7 cm³/mol. The second-order valence-electron chi connectivity index (χ2n) is 5.64. The molecule has 0 fully saturated rings. The summed E-state index contributed by atoms with van der Waals surface area (Å²) in [6.45, 7) is 6.71. The van der Waals surface area contributed by atoms with Gasteiger partial charge >= 0.3 is 0 Å². The number of rotatable bonds is 7. The number of anilines is 1.